The summed E-state index contributed by atoms with van der Waals surface area (Å²) in [5.74, 6) is -0.312. The number of nitrogens with one attached hydrogen (secondary N) is 3. The maximum atomic E-state index is 11.8. The summed E-state index contributed by atoms with van der Waals surface area (Å²) in [5, 5.41) is 2.83. The highest BCUT2D eigenvalue weighted by atomic mass is 16.2. The fourth-order valence-corrected chi connectivity index (χ4v) is 2.19. The van der Waals surface area contributed by atoms with Crippen molar-refractivity contribution in [3.63, 3.8) is 0 Å². The van der Waals surface area contributed by atoms with E-state index >= 15 is 0 Å². The van der Waals surface area contributed by atoms with Gasteiger partial charge in [0.1, 0.15) is 0 Å². The lowest BCUT2D eigenvalue weighted by Gasteiger charge is -2.07. The minimum atomic E-state index is -0.177. The van der Waals surface area contributed by atoms with Crippen molar-refractivity contribution in [2.75, 3.05) is 6.54 Å². The first-order chi connectivity index (χ1) is 11.7. The SMILES string of the molecule is CCNNC(=O)c1ccc(CNC(=O)/C=C/C2=CCCC=C2)cc1. The molecule has 126 valence electrons. The number of carbonyl (C=O) groups excluding carboxylic acids is 2. The van der Waals surface area contributed by atoms with Crippen LogP contribution in [-0.2, 0) is 11.3 Å². The van der Waals surface area contributed by atoms with Crippen molar-refractivity contribution in [1.29, 1.82) is 0 Å². The van der Waals surface area contributed by atoms with Crippen LogP contribution in [0, 0.1) is 0 Å². The van der Waals surface area contributed by atoms with Crippen LogP contribution in [-0.4, -0.2) is 18.4 Å². The average molecular weight is 325 g/mol. The largest absolute Gasteiger partial charge is 0.348 e. The van der Waals surface area contributed by atoms with Crippen LogP contribution in [0.2, 0.25) is 0 Å². The third-order valence-electron chi connectivity index (χ3n) is 3.51. The van der Waals surface area contributed by atoms with Gasteiger partial charge in [-0.1, -0.05) is 37.3 Å². The molecule has 1 aliphatic rings. The topological polar surface area (TPSA) is 70.2 Å². The van der Waals surface area contributed by atoms with E-state index in [4.69, 9.17) is 0 Å². The van der Waals surface area contributed by atoms with Gasteiger partial charge < -0.3 is 5.32 Å². The van der Waals surface area contributed by atoms with Gasteiger partial charge in [-0.15, -0.1) is 0 Å². The van der Waals surface area contributed by atoms with Gasteiger partial charge in [0.15, 0.2) is 0 Å². The molecule has 0 radical (unpaired) electrons. The van der Waals surface area contributed by atoms with Crippen LogP contribution in [0.1, 0.15) is 35.7 Å². The van der Waals surface area contributed by atoms with Gasteiger partial charge in [-0.05, 0) is 42.2 Å². The van der Waals surface area contributed by atoms with Gasteiger partial charge in [0, 0.05) is 24.7 Å². The Morgan fingerprint density at radius 3 is 2.62 bits per heavy atom. The Balaban J connectivity index is 1.80. The maximum absolute atomic E-state index is 11.8. The van der Waals surface area contributed by atoms with E-state index in [1.165, 1.54) is 0 Å². The van der Waals surface area contributed by atoms with Crippen LogP contribution >= 0.6 is 0 Å². The highest BCUT2D eigenvalue weighted by Gasteiger charge is 2.04. The number of carbonyl (C=O) groups is 2. The molecule has 0 fully saturated rings. The van der Waals surface area contributed by atoms with Gasteiger partial charge in [0.25, 0.3) is 5.91 Å². The Morgan fingerprint density at radius 2 is 1.96 bits per heavy atom. The van der Waals surface area contributed by atoms with Crippen molar-refractivity contribution in [1.82, 2.24) is 16.2 Å². The molecule has 5 heteroatoms. The van der Waals surface area contributed by atoms with Crippen LogP contribution in [0.5, 0.6) is 0 Å². The Labute approximate surface area is 142 Å². The molecule has 24 heavy (non-hydrogen) atoms. The monoisotopic (exact) mass is 325 g/mol. The first-order valence-corrected chi connectivity index (χ1v) is 8.14. The second kappa shape index (κ2) is 9.47. The van der Waals surface area contributed by atoms with E-state index in [2.05, 4.69) is 28.3 Å². The summed E-state index contributed by atoms with van der Waals surface area (Å²) in [6, 6.07) is 7.14. The summed E-state index contributed by atoms with van der Waals surface area (Å²) in [6.07, 6.45) is 11.7. The maximum Gasteiger partial charge on any atom is 0.265 e. The van der Waals surface area contributed by atoms with Gasteiger partial charge in [-0.2, -0.15) is 0 Å². The molecular formula is C19H23N3O2. The molecule has 1 aromatic carbocycles. The number of rotatable bonds is 7. The molecule has 0 atom stereocenters. The third kappa shape index (κ3) is 5.85. The minimum absolute atomic E-state index is 0.135. The number of amides is 2. The Bertz CT molecular complexity index is 658. The molecule has 0 heterocycles. The van der Waals surface area contributed by atoms with Crippen molar-refractivity contribution in [3.8, 4) is 0 Å². The molecule has 1 aromatic rings. The lowest BCUT2D eigenvalue weighted by atomic mass is 10.1. The molecule has 5 nitrogen and oxygen atoms in total. The van der Waals surface area contributed by atoms with Crippen LogP contribution in [0.25, 0.3) is 0 Å². The van der Waals surface area contributed by atoms with Crippen molar-refractivity contribution in [2.24, 2.45) is 0 Å². The second-order valence-corrected chi connectivity index (χ2v) is 5.42. The standard InChI is InChI=1S/C19H23N3O2/c1-2-21-22-19(24)17-11-8-16(9-12-17)14-20-18(23)13-10-15-6-4-3-5-7-15/h4,6-13,21H,2-3,5,14H2,1H3,(H,20,23)(H,22,24)/b13-10+. The fourth-order valence-electron chi connectivity index (χ4n) is 2.19. The molecule has 2 amide bonds. The molecule has 0 spiro atoms. The Kier molecular flexibility index (Phi) is 6.98. The van der Waals surface area contributed by atoms with Crippen LogP contribution in [0.3, 0.4) is 0 Å². The molecule has 3 N–H and O–H groups in total. The quantitative estimate of drug-likeness (QED) is 0.532. The van der Waals surface area contributed by atoms with Crippen molar-refractivity contribution >= 4 is 11.8 Å². The number of benzene rings is 1. The molecule has 0 bridgehead atoms. The zero-order chi connectivity index (χ0) is 17.2. The molecule has 0 saturated heterocycles. The smallest absolute Gasteiger partial charge is 0.265 e. The normalized spacial score (nSPS) is 13.6. The van der Waals surface area contributed by atoms with E-state index in [0.29, 0.717) is 18.7 Å². The molecular weight excluding hydrogens is 302 g/mol. The summed E-state index contributed by atoms with van der Waals surface area (Å²) < 4.78 is 0. The number of hydrogen-bond donors (Lipinski definition) is 3. The van der Waals surface area contributed by atoms with E-state index < -0.39 is 0 Å². The molecule has 2 rings (SSSR count). The molecule has 0 aromatic heterocycles. The zero-order valence-corrected chi connectivity index (χ0v) is 13.8. The van der Waals surface area contributed by atoms with Crippen molar-refractivity contribution < 1.29 is 9.59 Å². The number of allylic oxidation sites excluding steroid dienone is 5. The van der Waals surface area contributed by atoms with Crippen LogP contribution < -0.4 is 16.2 Å². The molecule has 1 aliphatic carbocycles. The number of hydrogen-bond acceptors (Lipinski definition) is 3. The lowest BCUT2D eigenvalue weighted by Crippen LogP contribution is -2.37. The summed E-state index contributed by atoms with van der Waals surface area (Å²) in [7, 11) is 0. The molecule has 0 aliphatic heterocycles. The highest BCUT2D eigenvalue weighted by molar-refractivity contribution is 5.93. The van der Waals surface area contributed by atoms with Crippen LogP contribution in [0.15, 0.2) is 60.2 Å². The van der Waals surface area contributed by atoms with Gasteiger partial charge in [-0.25, -0.2) is 5.43 Å². The van der Waals surface area contributed by atoms with E-state index in [-0.39, 0.29) is 11.8 Å². The van der Waals surface area contributed by atoms with Crippen LogP contribution in [0.4, 0.5) is 0 Å². The third-order valence-corrected chi connectivity index (χ3v) is 3.51. The minimum Gasteiger partial charge on any atom is -0.348 e. The zero-order valence-electron chi connectivity index (χ0n) is 13.8. The first-order valence-electron chi connectivity index (χ1n) is 8.14. The van der Waals surface area contributed by atoms with Gasteiger partial charge >= 0.3 is 0 Å². The Morgan fingerprint density at radius 1 is 1.17 bits per heavy atom. The number of hydrazine groups is 1. The van der Waals surface area contributed by atoms with Gasteiger partial charge in [-0.3, -0.25) is 15.0 Å². The fraction of sp³-hybridized carbons (Fsp3) is 0.263. The lowest BCUT2D eigenvalue weighted by molar-refractivity contribution is -0.116. The summed E-state index contributed by atoms with van der Waals surface area (Å²) in [4.78, 5) is 23.6. The van der Waals surface area contributed by atoms with E-state index in [1.54, 1.807) is 18.2 Å². The second-order valence-electron chi connectivity index (χ2n) is 5.42. The van der Waals surface area contributed by atoms with E-state index in [9.17, 15) is 9.59 Å². The molecule has 0 unspecified atom stereocenters. The summed E-state index contributed by atoms with van der Waals surface area (Å²) in [5.41, 5.74) is 7.93. The predicted octanol–water partition coefficient (Wildman–Crippen LogP) is 2.39. The Hall–Kier alpha value is -2.66. The van der Waals surface area contributed by atoms with Gasteiger partial charge in [0.2, 0.25) is 5.91 Å². The van der Waals surface area contributed by atoms with E-state index in [0.717, 1.165) is 24.0 Å². The van der Waals surface area contributed by atoms with Gasteiger partial charge in [0.05, 0.1) is 0 Å². The summed E-state index contributed by atoms with van der Waals surface area (Å²) >= 11 is 0. The first kappa shape index (κ1) is 17.7. The average Bonchev–Trinajstić information content (AvgIpc) is 2.64. The highest BCUT2D eigenvalue weighted by Crippen LogP contribution is 2.10. The van der Waals surface area contributed by atoms with Crippen molar-refractivity contribution in [3.05, 3.63) is 71.3 Å². The molecule has 0 saturated carbocycles. The summed E-state index contributed by atoms with van der Waals surface area (Å²) in [6.45, 7) is 2.99. The van der Waals surface area contributed by atoms with E-state index in [1.807, 2.05) is 31.2 Å². The predicted molar refractivity (Wildman–Crippen MR) is 95.0 cm³/mol. The van der Waals surface area contributed by atoms with Crippen molar-refractivity contribution in [2.45, 2.75) is 26.3 Å².